The van der Waals surface area contributed by atoms with Crippen LogP contribution in [0, 0.1) is 11.3 Å². The summed E-state index contributed by atoms with van der Waals surface area (Å²) in [6.45, 7) is 0. The third-order valence-electron chi connectivity index (χ3n) is 4.66. The lowest BCUT2D eigenvalue weighted by Crippen LogP contribution is -2.71. The molecule has 15 heteroatoms. The highest BCUT2D eigenvalue weighted by atomic mass is 32.2. The van der Waals surface area contributed by atoms with Crippen LogP contribution in [0.4, 0.5) is 5.13 Å². The molecular formula is C18H13N7O6S2. The van der Waals surface area contributed by atoms with Crippen LogP contribution in [-0.4, -0.2) is 66.0 Å². The number of carbonyl (C=O) groups excluding carboxylic acids is 2. The molecule has 2 aromatic heterocycles. The predicted octanol–water partition coefficient (Wildman–Crippen LogP) is 0.215. The maximum absolute atomic E-state index is 12.7. The molecule has 0 spiro atoms. The van der Waals surface area contributed by atoms with Gasteiger partial charge in [0, 0.05) is 17.2 Å². The number of β-lactam (4-membered cyclic amide) rings is 1. The number of carboxylic acids is 1. The zero-order valence-electron chi connectivity index (χ0n) is 16.3. The molecule has 2 atom stereocenters. The number of anilines is 1. The van der Waals surface area contributed by atoms with E-state index < -0.39 is 34.9 Å². The van der Waals surface area contributed by atoms with Gasteiger partial charge in [0.25, 0.3) is 11.8 Å². The predicted molar refractivity (Wildman–Crippen MR) is 115 cm³/mol. The van der Waals surface area contributed by atoms with Crippen LogP contribution in [0.5, 0.6) is 0 Å². The number of nitrogens with zero attached hydrogens (tertiary/aromatic N) is 5. The van der Waals surface area contributed by atoms with Gasteiger partial charge in [0.15, 0.2) is 22.3 Å². The van der Waals surface area contributed by atoms with Gasteiger partial charge in [-0.1, -0.05) is 16.4 Å². The highest BCUT2D eigenvalue weighted by molar-refractivity contribution is 8.00. The van der Waals surface area contributed by atoms with Gasteiger partial charge in [-0.25, -0.2) is 9.78 Å². The molecule has 33 heavy (non-hydrogen) atoms. The fourth-order valence-electron chi connectivity index (χ4n) is 3.19. The average molecular weight is 487 g/mol. The Morgan fingerprint density at radius 1 is 1.45 bits per heavy atom. The summed E-state index contributed by atoms with van der Waals surface area (Å²) in [5.41, 5.74) is 5.34. The van der Waals surface area contributed by atoms with Crippen molar-refractivity contribution >= 4 is 57.8 Å². The molecule has 168 valence electrons. The standard InChI is InChI=1S/C18H13N7O6S2/c19-4-8-3-9(31-24-8)2-1-7-5-32-16-12(15(27)25(16)13(7)17(28)29)22-14(26)11(23-30)10-6-33-18(20)21-10/h1-3,6,12,16,30H,5H2,(H2,20,21)(H,22,26)(H,28,29)/b2-1+,23-11-. The van der Waals surface area contributed by atoms with Crippen molar-refractivity contribution in [2.75, 3.05) is 11.5 Å². The summed E-state index contributed by atoms with van der Waals surface area (Å²) in [6.07, 6.45) is 2.91. The van der Waals surface area contributed by atoms with Crippen LogP contribution in [0.2, 0.25) is 0 Å². The Kier molecular flexibility index (Phi) is 5.85. The first-order valence-electron chi connectivity index (χ1n) is 9.04. The minimum absolute atomic E-state index is 0.0444. The van der Waals surface area contributed by atoms with E-state index in [1.807, 2.05) is 6.07 Å². The van der Waals surface area contributed by atoms with Crippen LogP contribution in [-0.2, 0) is 14.4 Å². The number of nitrogens with one attached hydrogen (secondary N) is 1. The quantitative estimate of drug-likeness (QED) is 0.187. The third kappa shape index (κ3) is 4.04. The Balaban J connectivity index is 1.52. The molecular weight excluding hydrogens is 474 g/mol. The number of amides is 2. The van der Waals surface area contributed by atoms with Gasteiger partial charge in [0.05, 0.1) is 0 Å². The van der Waals surface area contributed by atoms with Crippen molar-refractivity contribution in [2.45, 2.75) is 11.4 Å². The lowest BCUT2D eigenvalue weighted by Gasteiger charge is -2.49. The molecule has 1 saturated heterocycles. The van der Waals surface area contributed by atoms with Crippen LogP contribution in [0.15, 0.2) is 38.5 Å². The van der Waals surface area contributed by atoms with Crippen molar-refractivity contribution in [3.05, 3.63) is 45.9 Å². The molecule has 2 aliphatic heterocycles. The highest BCUT2D eigenvalue weighted by Gasteiger charge is 2.54. The molecule has 0 bridgehead atoms. The van der Waals surface area contributed by atoms with Gasteiger partial charge in [0.2, 0.25) is 0 Å². The van der Waals surface area contributed by atoms with Crippen LogP contribution >= 0.6 is 23.1 Å². The molecule has 0 aromatic carbocycles. The summed E-state index contributed by atoms with van der Waals surface area (Å²) in [5.74, 6) is -2.34. The van der Waals surface area contributed by atoms with Gasteiger partial charge in [-0.15, -0.1) is 23.1 Å². The number of carbonyl (C=O) groups is 3. The van der Waals surface area contributed by atoms with E-state index in [2.05, 4.69) is 20.6 Å². The molecule has 4 rings (SSSR count). The van der Waals surface area contributed by atoms with Gasteiger partial charge in [0.1, 0.15) is 28.9 Å². The number of nitrogen functional groups attached to an aromatic ring is 1. The van der Waals surface area contributed by atoms with E-state index in [1.54, 1.807) is 0 Å². The maximum atomic E-state index is 12.7. The summed E-state index contributed by atoms with van der Waals surface area (Å²) >= 11 is 2.29. The molecule has 2 aromatic rings. The molecule has 0 radical (unpaired) electrons. The maximum Gasteiger partial charge on any atom is 0.352 e. The molecule has 4 heterocycles. The lowest BCUT2D eigenvalue weighted by atomic mass is 10.0. The monoisotopic (exact) mass is 487 g/mol. The Labute approximate surface area is 192 Å². The molecule has 13 nitrogen and oxygen atoms in total. The van der Waals surface area contributed by atoms with Crippen molar-refractivity contribution in [1.82, 2.24) is 20.4 Å². The lowest BCUT2D eigenvalue weighted by molar-refractivity contribution is -0.150. The van der Waals surface area contributed by atoms with Crippen LogP contribution in [0.1, 0.15) is 17.1 Å². The molecule has 2 aliphatic rings. The number of hydrogen-bond acceptors (Lipinski definition) is 12. The fourth-order valence-corrected chi connectivity index (χ4v) is 5.06. The number of oxime groups is 1. The summed E-state index contributed by atoms with van der Waals surface area (Å²) in [4.78, 5) is 42.1. The number of hydrogen-bond donors (Lipinski definition) is 4. The Morgan fingerprint density at radius 3 is 2.85 bits per heavy atom. The van der Waals surface area contributed by atoms with Gasteiger partial charge < -0.3 is 25.9 Å². The first kappa shape index (κ1) is 22.0. The first-order valence-corrected chi connectivity index (χ1v) is 11.0. The summed E-state index contributed by atoms with van der Waals surface area (Å²) in [6, 6.07) is 2.17. The molecule has 5 N–H and O–H groups in total. The van der Waals surface area contributed by atoms with Crippen molar-refractivity contribution in [3.8, 4) is 6.07 Å². The van der Waals surface area contributed by atoms with E-state index in [0.29, 0.717) is 5.57 Å². The number of fused-ring (bicyclic) bond motifs is 1. The van der Waals surface area contributed by atoms with Gasteiger partial charge in [-0.3, -0.25) is 14.5 Å². The molecule has 1 fully saturated rings. The zero-order chi connectivity index (χ0) is 23.7. The van der Waals surface area contributed by atoms with Crippen molar-refractivity contribution in [3.63, 3.8) is 0 Å². The second-order valence-electron chi connectivity index (χ2n) is 6.62. The summed E-state index contributed by atoms with van der Waals surface area (Å²) in [5, 5.41) is 37.5. The van der Waals surface area contributed by atoms with E-state index in [4.69, 9.17) is 15.5 Å². The second-order valence-corrected chi connectivity index (χ2v) is 8.61. The third-order valence-corrected chi connectivity index (χ3v) is 6.63. The van der Waals surface area contributed by atoms with Crippen molar-refractivity contribution in [2.24, 2.45) is 5.16 Å². The van der Waals surface area contributed by atoms with Crippen molar-refractivity contribution in [1.29, 1.82) is 5.26 Å². The van der Waals surface area contributed by atoms with E-state index >= 15 is 0 Å². The Morgan fingerprint density at radius 2 is 2.24 bits per heavy atom. The number of allylic oxidation sites excluding steroid dienone is 1. The van der Waals surface area contributed by atoms with E-state index in [1.165, 1.54) is 35.4 Å². The van der Waals surface area contributed by atoms with Gasteiger partial charge in [-0.2, -0.15) is 5.26 Å². The number of nitrogens with two attached hydrogens (primary N) is 1. The van der Waals surface area contributed by atoms with Crippen LogP contribution < -0.4 is 11.1 Å². The number of carboxylic acid groups (broad SMARTS) is 1. The molecule has 2 unspecified atom stereocenters. The fraction of sp³-hybridized carbons (Fsp3) is 0.167. The largest absolute Gasteiger partial charge is 0.477 e. The van der Waals surface area contributed by atoms with E-state index in [0.717, 1.165) is 16.2 Å². The Hall–Kier alpha value is -4.16. The summed E-state index contributed by atoms with van der Waals surface area (Å²) in [7, 11) is 0. The van der Waals surface area contributed by atoms with Gasteiger partial charge >= 0.3 is 5.97 Å². The van der Waals surface area contributed by atoms with Crippen LogP contribution in [0.3, 0.4) is 0 Å². The average Bonchev–Trinajstić information content (AvgIpc) is 3.44. The number of thiazole rings is 1. The van der Waals surface area contributed by atoms with E-state index in [-0.39, 0.29) is 33.7 Å². The minimum atomic E-state index is -1.32. The number of aliphatic carboxylic acids is 1. The normalized spacial score (nSPS) is 20.4. The van der Waals surface area contributed by atoms with Crippen molar-refractivity contribution < 1.29 is 29.2 Å². The number of nitriles is 1. The Bertz CT molecular complexity index is 1290. The van der Waals surface area contributed by atoms with Crippen LogP contribution in [0.25, 0.3) is 6.08 Å². The topological polar surface area (TPSA) is 208 Å². The number of thioether (sulfide) groups is 1. The SMILES string of the molecule is N#Cc1cc(/C=C/C2=C(C(=O)O)N3C(=O)C(NC(=O)/C(=N\O)c4csc(N)n4)C3SC2)on1. The smallest absolute Gasteiger partial charge is 0.352 e. The number of aromatic nitrogens is 2. The molecule has 0 aliphatic carbocycles. The molecule has 0 saturated carbocycles. The second kappa shape index (κ2) is 8.76. The molecule has 2 amide bonds. The zero-order valence-corrected chi connectivity index (χ0v) is 18.0. The highest BCUT2D eigenvalue weighted by Crippen LogP contribution is 2.40. The minimum Gasteiger partial charge on any atom is -0.477 e. The van der Waals surface area contributed by atoms with E-state index in [9.17, 15) is 24.7 Å². The first-order chi connectivity index (χ1) is 15.8. The van der Waals surface area contributed by atoms with Gasteiger partial charge in [-0.05, 0) is 11.6 Å². The summed E-state index contributed by atoms with van der Waals surface area (Å²) < 4.78 is 4.95. The number of rotatable bonds is 6.